The molecule has 6 rings (SSSR count). The maximum atomic E-state index is 14.1. The molecule has 42 heavy (non-hydrogen) atoms. The van der Waals surface area contributed by atoms with Crippen molar-refractivity contribution in [2.24, 2.45) is 5.73 Å². The van der Waals surface area contributed by atoms with Crippen molar-refractivity contribution in [3.8, 4) is 22.5 Å². The summed E-state index contributed by atoms with van der Waals surface area (Å²) in [6.45, 7) is 3.98. The molecule has 9 nitrogen and oxygen atoms in total. The summed E-state index contributed by atoms with van der Waals surface area (Å²) in [5.74, 6) is 0.180. The minimum Gasteiger partial charge on any atom is -0.344 e. The fourth-order valence-electron chi connectivity index (χ4n) is 5.69. The molecule has 0 saturated heterocycles. The highest BCUT2D eigenvalue weighted by Crippen LogP contribution is 2.35. The third kappa shape index (κ3) is 5.64. The molecule has 1 aliphatic heterocycles. The lowest BCUT2D eigenvalue weighted by Crippen LogP contribution is -2.49. The molecule has 4 aromatic carbocycles. The molecule has 0 radical (unpaired) electrons. The second kappa shape index (κ2) is 11.2. The number of nitrogens with zero attached hydrogens (tertiary/aromatic N) is 4. The molecule has 0 aliphatic carbocycles. The number of hydrogen-bond donors (Lipinski definition) is 3. The van der Waals surface area contributed by atoms with Crippen molar-refractivity contribution in [1.82, 2.24) is 25.9 Å². The average Bonchev–Trinajstić information content (AvgIpc) is 3.48. The van der Waals surface area contributed by atoms with E-state index in [0.29, 0.717) is 25.2 Å². The van der Waals surface area contributed by atoms with Gasteiger partial charge in [0.1, 0.15) is 6.04 Å². The van der Waals surface area contributed by atoms with Gasteiger partial charge < -0.3 is 16.0 Å². The van der Waals surface area contributed by atoms with Crippen LogP contribution in [-0.2, 0) is 22.6 Å². The van der Waals surface area contributed by atoms with Crippen molar-refractivity contribution >= 4 is 28.3 Å². The van der Waals surface area contributed by atoms with Gasteiger partial charge in [-0.3, -0.25) is 9.59 Å². The summed E-state index contributed by atoms with van der Waals surface area (Å²) in [5.41, 5.74) is 11.2. The molecule has 0 bridgehead atoms. The number of H-pyrrole nitrogens is 1. The van der Waals surface area contributed by atoms with E-state index in [0.717, 1.165) is 44.3 Å². The van der Waals surface area contributed by atoms with Crippen LogP contribution < -0.4 is 16.0 Å². The minimum atomic E-state index is -0.666. The zero-order valence-electron chi connectivity index (χ0n) is 23.7. The van der Waals surface area contributed by atoms with Crippen molar-refractivity contribution in [2.75, 3.05) is 4.90 Å². The lowest BCUT2D eigenvalue weighted by molar-refractivity contribution is -0.128. The van der Waals surface area contributed by atoms with Crippen molar-refractivity contribution < 1.29 is 9.59 Å². The highest BCUT2D eigenvalue weighted by Gasteiger charge is 2.33. The highest BCUT2D eigenvalue weighted by atomic mass is 16.2. The molecule has 0 saturated carbocycles. The number of nitrogens with two attached hydrogens (primary N) is 1. The average molecular weight is 560 g/mol. The molecule has 0 fully saturated rings. The Bertz CT molecular complexity index is 1740. The second-order valence-electron chi connectivity index (χ2n) is 11.5. The van der Waals surface area contributed by atoms with Crippen LogP contribution >= 0.6 is 0 Å². The van der Waals surface area contributed by atoms with Crippen LogP contribution in [0.4, 0.5) is 5.69 Å². The smallest absolute Gasteiger partial charge is 0.249 e. The van der Waals surface area contributed by atoms with Gasteiger partial charge in [0.05, 0.1) is 6.54 Å². The number of carbonyl (C=O) groups excluding carboxylic acids is 2. The second-order valence-corrected chi connectivity index (χ2v) is 11.5. The zero-order valence-corrected chi connectivity index (χ0v) is 23.7. The van der Waals surface area contributed by atoms with Gasteiger partial charge in [-0.15, -0.1) is 10.2 Å². The van der Waals surface area contributed by atoms with Crippen LogP contribution in [0, 0.1) is 0 Å². The number of carbonyl (C=O) groups is 2. The van der Waals surface area contributed by atoms with Crippen molar-refractivity contribution in [3.63, 3.8) is 0 Å². The van der Waals surface area contributed by atoms with Gasteiger partial charge in [-0.25, -0.2) is 0 Å². The maximum Gasteiger partial charge on any atom is 0.249 e. The van der Waals surface area contributed by atoms with Gasteiger partial charge in [0.25, 0.3) is 0 Å². The van der Waals surface area contributed by atoms with E-state index >= 15 is 0 Å². The Balaban J connectivity index is 1.33. The number of anilines is 1. The van der Waals surface area contributed by atoms with E-state index < -0.39 is 11.6 Å². The molecule has 4 N–H and O–H groups in total. The van der Waals surface area contributed by atoms with Gasteiger partial charge in [0, 0.05) is 23.2 Å². The van der Waals surface area contributed by atoms with Gasteiger partial charge in [-0.05, 0) is 71.0 Å². The van der Waals surface area contributed by atoms with Gasteiger partial charge in [-0.1, -0.05) is 78.9 Å². The van der Waals surface area contributed by atoms with Gasteiger partial charge >= 0.3 is 0 Å². The van der Waals surface area contributed by atoms with Gasteiger partial charge in [0.2, 0.25) is 17.6 Å². The molecular weight excluding hydrogens is 526 g/mol. The number of fused-ring (bicyclic) bond motifs is 3. The predicted octanol–water partition coefficient (Wildman–Crippen LogP) is 4.78. The summed E-state index contributed by atoms with van der Waals surface area (Å²) in [5, 5.41) is 19.7. The van der Waals surface area contributed by atoms with E-state index in [1.54, 1.807) is 13.8 Å². The molecular formula is C33H33N7O2. The molecule has 0 spiro atoms. The van der Waals surface area contributed by atoms with Gasteiger partial charge in [-0.2, -0.15) is 5.21 Å². The Hall–Kier alpha value is -4.89. The van der Waals surface area contributed by atoms with Crippen LogP contribution in [0.1, 0.15) is 37.8 Å². The summed E-state index contributed by atoms with van der Waals surface area (Å²) < 4.78 is 0. The maximum absolute atomic E-state index is 14.1. The van der Waals surface area contributed by atoms with Crippen LogP contribution in [0.5, 0.6) is 0 Å². The number of nitrogens with one attached hydrogen (secondary N) is 2. The number of tetrazole rings is 1. The van der Waals surface area contributed by atoms with Crippen LogP contribution in [-0.4, -0.2) is 44.0 Å². The third-order valence-electron chi connectivity index (χ3n) is 7.62. The quantitative estimate of drug-likeness (QED) is 0.263. The molecule has 1 aromatic heterocycles. The van der Waals surface area contributed by atoms with E-state index in [9.17, 15) is 9.59 Å². The Morgan fingerprint density at radius 2 is 1.74 bits per heavy atom. The van der Waals surface area contributed by atoms with Crippen LogP contribution in [0.25, 0.3) is 33.3 Å². The SMILES string of the molecule is CC(C)(N)CC(=O)N[C@@H]1CCc2c(ccc3ccccc23)N(Cc2ccc(-c3ccccc3-c3nn[nH]n3)cc2)C1=O. The Kier molecular flexibility index (Phi) is 7.26. The van der Waals surface area contributed by atoms with Crippen molar-refractivity contribution in [1.29, 1.82) is 0 Å². The molecule has 5 aromatic rings. The largest absolute Gasteiger partial charge is 0.344 e. The van der Waals surface area contributed by atoms with E-state index in [1.165, 1.54) is 0 Å². The van der Waals surface area contributed by atoms with E-state index in [1.807, 2.05) is 71.6 Å². The lowest BCUT2D eigenvalue weighted by Gasteiger charge is -2.27. The summed E-state index contributed by atoms with van der Waals surface area (Å²) in [6, 6.07) is 27.7. The topological polar surface area (TPSA) is 130 Å². The van der Waals surface area contributed by atoms with Gasteiger partial charge in [0.15, 0.2) is 0 Å². The first-order chi connectivity index (χ1) is 20.3. The fraction of sp³-hybridized carbons (Fsp3) is 0.242. The Morgan fingerprint density at radius 3 is 2.48 bits per heavy atom. The molecule has 9 heteroatoms. The summed E-state index contributed by atoms with van der Waals surface area (Å²) >= 11 is 0. The molecule has 2 amide bonds. The van der Waals surface area contributed by atoms with E-state index in [4.69, 9.17) is 5.73 Å². The van der Waals surface area contributed by atoms with E-state index in [2.05, 4.69) is 44.1 Å². The number of hydrogen-bond acceptors (Lipinski definition) is 6. The highest BCUT2D eigenvalue weighted by molar-refractivity contribution is 6.03. The first kappa shape index (κ1) is 27.3. The standard InChI is InChI=1S/C33H33N7O2/c1-33(2,34)19-30(41)35-28-17-16-26-24-8-4-3-7-22(24)15-18-29(26)40(32(28)42)20-21-11-13-23(14-12-21)25-9-5-6-10-27(25)31-36-38-39-37-31/h3-15,18,28H,16-17,19-20,34H2,1-2H3,(H,35,41)(H,36,37,38,39)/t28-/m1/s1. The summed E-state index contributed by atoms with van der Waals surface area (Å²) in [4.78, 5) is 28.7. The zero-order chi connectivity index (χ0) is 29.3. The molecule has 1 aliphatic rings. The molecule has 212 valence electrons. The first-order valence-corrected chi connectivity index (χ1v) is 14.1. The minimum absolute atomic E-state index is 0.126. The monoisotopic (exact) mass is 559 g/mol. The van der Waals surface area contributed by atoms with Crippen molar-refractivity contribution in [2.45, 2.75) is 51.2 Å². The number of aromatic amines is 1. The first-order valence-electron chi connectivity index (χ1n) is 14.1. The van der Waals surface area contributed by atoms with Crippen LogP contribution in [0.3, 0.4) is 0 Å². The lowest BCUT2D eigenvalue weighted by atomic mass is 9.97. The molecule has 0 unspecified atom stereocenters. The normalized spacial score (nSPS) is 15.4. The Labute approximate surface area is 244 Å². The van der Waals surface area contributed by atoms with Crippen molar-refractivity contribution in [3.05, 3.63) is 96.1 Å². The number of benzene rings is 4. The van der Waals surface area contributed by atoms with Crippen LogP contribution in [0.2, 0.25) is 0 Å². The number of aryl methyl sites for hydroxylation is 1. The van der Waals surface area contributed by atoms with E-state index in [-0.39, 0.29) is 18.2 Å². The number of amides is 2. The predicted molar refractivity (Wildman–Crippen MR) is 163 cm³/mol. The number of rotatable bonds is 7. The fourth-order valence-corrected chi connectivity index (χ4v) is 5.69. The summed E-state index contributed by atoms with van der Waals surface area (Å²) in [6.07, 6.45) is 1.32. The third-order valence-corrected chi connectivity index (χ3v) is 7.62. The van der Waals surface area contributed by atoms with Crippen LogP contribution in [0.15, 0.2) is 84.9 Å². The summed E-state index contributed by atoms with van der Waals surface area (Å²) in [7, 11) is 0. The Morgan fingerprint density at radius 1 is 1.00 bits per heavy atom. The molecule has 1 atom stereocenters. The number of aromatic nitrogens is 4. The molecule has 2 heterocycles.